The number of aryl methyl sites for hydroxylation is 2. The standard InChI is InChI=1S/C16H19NO3/c1-9-7-13(16(3,4)15(18)19)17-14-10(2)6-11(20-5)8-12(9)14/h6-8H,1-5H3,(H,18,19). The number of carbonyl (C=O) groups is 1. The number of aromatic nitrogens is 1. The van der Waals surface area contributed by atoms with E-state index in [-0.39, 0.29) is 0 Å². The highest BCUT2D eigenvalue weighted by molar-refractivity contribution is 5.88. The van der Waals surface area contributed by atoms with E-state index in [4.69, 9.17) is 4.74 Å². The number of hydrogen-bond acceptors (Lipinski definition) is 3. The number of methoxy groups -OCH3 is 1. The summed E-state index contributed by atoms with van der Waals surface area (Å²) in [5.74, 6) is -0.0972. The largest absolute Gasteiger partial charge is 0.497 e. The number of ether oxygens (including phenoxy) is 1. The van der Waals surface area contributed by atoms with Crippen LogP contribution in [0.1, 0.15) is 30.7 Å². The lowest BCUT2D eigenvalue weighted by atomic mass is 9.87. The minimum Gasteiger partial charge on any atom is -0.497 e. The van der Waals surface area contributed by atoms with Crippen LogP contribution in [0.2, 0.25) is 0 Å². The molecule has 2 aromatic rings. The number of pyridine rings is 1. The molecule has 2 rings (SSSR count). The highest BCUT2D eigenvalue weighted by Gasteiger charge is 2.31. The van der Waals surface area contributed by atoms with E-state index < -0.39 is 11.4 Å². The smallest absolute Gasteiger partial charge is 0.315 e. The fraction of sp³-hybridized carbons (Fsp3) is 0.375. The Labute approximate surface area is 118 Å². The van der Waals surface area contributed by atoms with Crippen molar-refractivity contribution in [2.24, 2.45) is 0 Å². The summed E-state index contributed by atoms with van der Waals surface area (Å²) in [5, 5.41) is 10.3. The Morgan fingerprint density at radius 3 is 2.40 bits per heavy atom. The van der Waals surface area contributed by atoms with Crippen molar-refractivity contribution in [2.75, 3.05) is 7.11 Å². The first-order valence-corrected chi connectivity index (χ1v) is 6.47. The van der Waals surface area contributed by atoms with Gasteiger partial charge in [0.2, 0.25) is 0 Å². The summed E-state index contributed by atoms with van der Waals surface area (Å²) in [6.45, 7) is 7.25. The molecule has 106 valence electrons. The molecule has 1 aromatic heterocycles. The molecule has 1 N–H and O–H groups in total. The number of carboxylic acids is 1. The molecule has 4 nitrogen and oxygen atoms in total. The van der Waals surface area contributed by atoms with Crippen LogP contribution in [0.5, 0.6) is 5.75 Å². The zero-order valence-corrected chi connectivity index (χ0v) is 12.4. The number of hydrogen-bond donors (Lipinski definition) is 1. The molecular formula is C16H19NO3. The SMILES string of the molecule is COc1cc(C)c2nc(C(C)(C)C(=O)O)cc(C)c2c1. The summed E-state index contributed by atoms with van der Waals surface area (Å²) < 4.78 is 5.27. The summed E-state index contributed by atoms with van der Waals surface area (Å²) in [4.78, 5) is 16.0. The van der Waals surface area contributed by atoms with Gasteiger partial charge in [0.15, 0.2) is 0 Å². The van der Waals surface area contributed by atoms with E-state index >= 15 is 0 Å². The molecule has 20 heavy (non-hydrogen) atoms. The van der Waals surface area contributed by atoms with Crippen molar-refractivity contribution in [2.45, 2.75) is 33.1 Å². The molecule has 0 unspecified atom stereocenters. The molecular weight excluding hydrogens is 254 g/mol. The maximum atomic E-state index is 11.4. The summed E-state index contributed by atoms with van der Waals surface area (Å²) in [7, 11) is 1.63. The lowest BCUT2D eigenvalue weighted by molar-refractivity contribution is -0.142. The maximum absolute atomic E-state index is 11.4. The lowest BCUT2D eigenvalue weighted by Gasteiger charge is -2.20. The van der Waals surface area contributed by atoms with Crippen LogP contribution in [0.3, 0.4) is 0 Å². The molecule has 1 aromatic carbocycles. The molecule has 0 radical (unpaired) electrons. The molecule has 0 aliphatic heterocycles. The molecule has 0 aliphatic rings. The Kier molecular flexibility index (Phi) is 3.42. The van der Waals surface area contributed by atoms with Gasteiger partial charge in [0, 0.05) is 5.39 Å². The lowest BCUT2D eigenvalue weighted by Crippen LogP contribution is -2.29. The molecule has 0 saturated heterocycles. The average molecular weight is 273 g/mol. The highest BCUT2D eigenvalue weighted by Crippen LogP contribution is 2.30. The molecule has 0 fully saturated rings. The van der Waals surface area contributed by atoms with Gasteiger partial charge in [0.05, 0.1) is 18.3 Å². The molecule has 0 amide bonds. The summed E-state index contributed by atoms with van der Waals surface area (Å²) in [6, 6.07) is 5.68. The maximum Gasteiger partial charge on any atom is 0.315 e. The van der Waals surface area contributed by atoms with Crippen molar-refractivity contribution in [3.05, 3.63) is 35.0 Å². The van der Waals surface area contributed by atoms with Crippen molar-refractivity contribution in [1.82, 2.24) is 4.98 Å². The molecule has 0 atom stereocenters. The van der Waals surface area contributed by atoms with Crippen LogP contribution in [-0.2, 0) is 10.2 Å². The van der Waals surface area contributed by atoms with Gasteiger partial charge in [-0.05, 0) is 57.0 Å². The first-order valence-electron chi connectivity index (χ1n) is 6.47. The molecule has 0 spiro atoms. The van der Waals surface area contributed by atoms with Crippen molar-refractivity contribution in [3.63, 3.8) is 0 Å². The predicted molar refractivity (Wildman–Crippen MR) is 78.4 cm³/mol. The Morgan fingerprint density at radius 1 is 1.20 bits per heavy atom. The Balaban J connectivity index is 2.76. The van der Waals surface area contributed by atoms with Crippen LogP contribution in [0.4, 0.5) is 0 Å². The van der Waals surface area contributed by atoms with Gasteiger partial charge in [0.25, 0.3) is 0 Å². The van der Waals surface area contributed by atoms with E-state index in [9.17, 15) is 9.90 Å². The number of rotatable bonds is 3. The molecule has 0 saturated carbocycles. The number of nitrogens with zero attached hydrogens (tertiary/aromatic N) is 1. The van der Waals surface area contributed by atoms with E-state index in [1.165, 1.54) is 0 Å². The van der Waals surface area contributed by atoms with Crippen LogP contribution in [0.25, 0.3) is 10.9 Å². The zero-order valence-electron chi connectivity index (χ0n) is 12.4. The van der Waals surface area contributed by atoms with Crippen LogP contribution >= 0.6 is 0 Å². The van der Waals surface area contributed by atoms with Crippen molar-refractivity contribution >= 4 is 16.9 Å². The van der Waals surface area contributed by atoms with E-state index in [0.717, 1.165) is 27.8 Å². The van der Waals surface area contributed by atoms with Crippen LogP contribution in [-0.4, -0.2) is 23.2 Å². The summed E-state index contributed by atoms with van der Waals surface area (Å²) in [6.07, 6.45) is 0. The predicted octanol–water partition coefficient (Wildman–Crippen LogP) is 3.22. The summed E-state index contributed by atoms with van der Waals surface area (Å²) >= 11 is 0. The number of benzene rings is 1. The molecule has 0 aliphatic carbocycles. The van der Waals surface area contributed by atoms with Gasteiger partial charge in [-0.15, -0.1) is 0 Å². The van der Waals surface area contributed by atoms with Crippen molar-refractivity contribution in [3.8, 4) is 5.75 Å². The van der Waals surface area contributed by atoms with Gasteiger partial charge in [0.1, 0.15) is 11.2 Å². The van der Waals surface area contributed by atoms with Crippen LogP contribution in [0, 0.1) is 13.8 Å². The first-order chi connectivity index (χ1) is 9.27. The second-order valence-electron chi connectivity index (χ2n) is 5.60. The Morgan fingerprint density at radius 2 is 1.85 bits per heavy atom. The van der Waals surface area contributed by atoms with Crippen molar-refractivity contribution in [1.29, 1.82) is 0 Å². The quantitative estimate of drug-likeness (QED) is 0.932. The van der Waals surface area contributed by atoms with Gasteiger partial charge in [-0.3, -0.25) is 9.78 Å². The summed E-state index contributed by atoms with van der Waals surface area (Å²) in [5.41, 5.74) is 2.37. The second kappa shape index (κ2) is 4.78. The number of fused-ring (bicyclic) bond motifs is 1. The Hall–Kier alpha value is -2.10. The van der Waals surface area contributed by atoms with E-state index in [1.54, 1.807) is 21.0 Å². The fourth-order valence-corrected chi connectivity index (χ4v) is 2.18. The number of carboxylic acid groups (broad SMARTS) is 1. The topological polar surface area (TPSA) is 59.4 Å². The third kappa shape index (κ3) is 2.22. The van der Waals surface area contributed by atoms with E-state index in [0.29, 0.717) is 5.69 Å². The highest BCUT2D eigenvalue weighted by atomic mass is 16.5. The van der Waals surface area contributed by atoms with E-state index in [1.807, 2.05) is 32.0 Å². The molecule has 1 heterocycles. The normalized spacial score (nSPS) is 11.7. The fourth-order valence-electron chi connectivity index (χ4n) is 2.18. The van der Waals surface area contributed by atoms with E-state index in [2.05, 4.69) is 4.98 Å². The zero-order chi connectivity index (χ0) is 15.1. The molecule has 0 bridgehead atoms. The van der Waals surface area contributed by atoms with Gasteiger partial charge in [-0.1, -0.05) is 0 Å². The minimum absolute atomic E-state index is 0.572. The molecule has 4 heteroatoms. The van der Waals surface area contributed by atoms with Gasteiger partial charge in [-0.2, -0.15) is 0 Å². The second-order valence-corrected chi connectivity index (χ2v) is 5.60. The average Bonchev–Trinajstić information content (AvgIpc) is 2.38. The third-order valence-electron chi connectivity index (χ3n) is 3.70. The third-order valence-corrected chi connectivity index (χ3v) is 3.70. The van der Waals surface area contributed by atoms with Crippen LogP contribution in [0.15, 0.2) is 18.2 Å². The van der Waals surface area contributed by atoms with Gasteiger partial charge < -0.3 is 9.84 Å². The minimum atomic E-state index is -1.01. The number of aliphatic carboxylic acids is 1. The first kappa shape index (κ1) is 14.3. The Bertz CT molecular complexity index is 690. The van der Waals surface area contributed by atoms with Gasteiger partial charge in [-0.25, -0.2) is 0 Å². The van der Waals surface area contributed by atoms with Gasteiger partial charge >= 0.3 is 5.97 Å². The van der Waals surface area contributed by atoms with Crippen LogP contribution < -0.4 is 4.74 Å². The van der Waals surface area contributed by atoms with Crippen molar-refractivity contribution < 1.29 is 14.6 Å². The monoisotopic (exact) mass is 273 g/mol.